The van der Waals surface area contributed by atoms with Crippen molar-refractivity contribution >= 4 is 29.3 Å². The third-order valence-corrected chi connectivity index (χ3v) is 3.94. The topological polar surface area (TPSA) is 91.1 Å². The predicted molar refractivity (Wildman–Crippen MR) is 88.8 cm³/mol. The smallest absolute Gasteiger partial charge is 0.233 e. The van der Waals surface area contributed by atoms with Crippen molar-refractivity contribution in [1.29, 1.82) is 0 Å². The molecule has 0 bridgehead atoms. The summed E-state index contributed by atoms with van der Waals surface area (Å²) < 4.78 is 0. The van der Waals surface area contributed by atoms with Crippen LogP contribution < -0.4 is 10.6 Å². The highest BCUT2D eigenvalue weighted by Crippen LogP contribution is 2.16. The first-order chi connectivity index (χ1) is 10.5. The molecule has 8 heteroatoms. The van der Waals surface area contributed by atoms with Gasteiger partial charge in [-0.05, 0) is 17.7 Å². The summed E-state index contributed by atoms with van der Waals surface area (Å²) in [5.74, 6) is 0.554. The van der Waals surface area contributed by atoms with Crippen molar-refractivity contribution < 1.29 is 4.79 Å². The summed E-state index contributed by atoms with van der Waals surface area (Å²) in [6.07, 6.45) is 0. The van der Waals surface area contributed by atoms with E-state index in [1.807, 2.05) is 43.3 Å². The molecule has 1 heterocycles. The van der Waals surface area contributed by atoms with E-state index in [9.17, 15) is 4.79 Å². The van der Waals surface area contributed by atoms with Gasteiger partial charge in [0.15, 0.2) is 0 Å². The van der Waals surface area contributed by atoms with Crippen LogP contribution in [0.15, 0.2) is 29.4 Å². The number of nitrogens with two attached hydrogens (primary N) is 1. The quantitative estimate of drug-likeness (QED) is 0.777. The molecule has 1 amide bonds. The van der Waals surface area contributed by atoms with Crippen LogP contribution in [0.4, 0.5) is 11.6 Å². The van der Waals surface area contributed by atoms with Crippen LogP contribution in [0.25, 0.3) is 0 Å². The highest BCUT2D eigenvalue weighted by atomic mass is 32.2. The SMILES string of the molecule is CN(Cc1ccc(N(C)C)cc1)C(=O)CSc1n[nH]c(N)n1. The lowest BCUT2D eigenvalue weighted by Crippen LogP contribution is -2.27. The standard InChI is InChI=1S/C14H20N6OS/c1-19(2)11-6-4-10(5-7-11)8-20(3)12(21)9-22-14-16-13(15)17-18-14/h4-7H,8-9H2,1-3H3,(H3,15,16,17,18). The van der Waals surface area contributed by atoms with Crippen LogP contribution in [0.3, 0.4) is 0 Å². The lowest BCUT2D eigenvalue weighted by molar-refractivity contribution is -0.127. The molecule has 0 aliphatic carbocycles. The highest BCUT2D eigenvalue weighted by Gasteiger charge is 2.12. The minimum Gasteiger partial charge on any atom is -0.378 e. The number of carbonyl (C=O) groups is 1. The first-order valence-corrected chi connectivity index (χ1v) is 7.75. The van der Waals surface area contributed by atoms with E-state index in [1.54, 1.807) is 11.9 Å². The number of nitrogen functional groups attached to an aromatic ring is 1. The second-order valence-corrected chi connectivity index (χ2v) is 6.05. The average molecular weight is 320 g/mol. The van der Waals surface area contributed by atoms with Gasteiger partial charge in [0.1, 0.15) is 0 Å². The molecule has 3 N–H and O–H groups in total. The number of nitrogens with zero attached hydrogens (tertiary/aromatic N) is 4. The summed E-state index contributed by atoms with van der Waals surface area (Å²) in [4.78, 5) is 19.8. The number of hydrogen-bond acceptors (Lipinski definition) is 6. The lowest BCUT2D eigenvalue weighted by atomic mass is 10.2. The highest BCUT2D eigenvalue weighted by molar-refractivity contribution is 7.99. The number of aromatic nitrogens is 3. The van der Waals surface area contributed by atoms with Gasteiger partial charge in [0.2, 0.25) is 17.0 Å². The maximum absolute atomic E-state index is 12.1. The number of thioether (sulfide) groups is 1. The molecule has 1 aromatic heterocycles. The molecule has 0 unspecified atom stereocenters. The van der Waals surface area contributed by atoms with Crippen LogP contribution in [-0.2, 0) is 11.3 Å². The van der Waals surface area contributed by atoms with Crippen molar-refractivity contribution in [2.75, 3.05) is 37.5 Å². The van der Waals surface area contributed by atoms with Gasteiger partial charge in [0.05, 0.1) is 5.75 Å². The van der Waals surface area contributed by atoms with Gasteiger partial charge in [-0.15, -0.1) is 5.10 Å². The number of rotatable bonds is 6. The van der Waals surface area contributed by atoms with Gasteiger partial charge in [-0.25, -0.2) is 5.10 Å². The average Bonchev–Trinajstić information content (AvgIpc) is 2.91. The summed E-state index contributed by atoms with van der Waals surface area (Å²) in [5.41, 5.74) is 7.67. The Kier molecular flexibility index (Phi) is 5.26. The monoisotopic (exact) mass is 320 g/mol. The van der Waals surface area contributed by atoms with Crippen molar-refractivity contribution in [3.63, 3.8) is 0 Å². The fourth-order valence-corrected chi connectivity index (χ4v) is 2.57. The second kappa shape index (κ2) is 7.17. The zero-order valence-corrected chi connectivity index (χ0v) is 13.7. The van der Waals surface area contributed by atoms with Gasteiger partial charge < -0.3 is 15.5 Å². The Morgan fingerprint density at radius 1 is 1.27 bits per heavy atom. The number of amides is 1. The first-order valence-electron chi connectivity index (χ1n) is 6.76. The molecule has 0 fully saturated rings. The van der Waals surface area contributed by atoms with Gasteiger partial charge >= 0.3 is 0 Å². The molecule has 0 spiro atoms. The number of hydrogen-bond donors (Lipinski definition) is 2. The predicted octanol–water partition coefficient (Wildman–Crippen LogP) is 1.20. The van der Waals surface area contributed by atoms with Gasteiger partial charge in [0, 0.05) is 33.4 Å². The fourth-order valence-electron chi connectivity index (χ4n) is 1.82. The van der Waals surface area contributed by atoms with Crippen LogP contribution >= 0.6 is 11.8 Å². The molecule has 0 atom stereocenters. The van der Waals surface area contributed by atoms with E-state index < -0.39 is 0 Å². The number of nitrogens with one attached hydrogen (secondary N) is 1. The maximum atomic E-state index is 12.1. The Morgan fingerprint density at radius 3 is 2.50 bits per heavy atom. The largest absolute Gasteiger partial charge is 0.378 e. The molecule has 0 aliphatic rings. The van der Waals surface area contributed by atoms with Crippen LogP contribution in [0.1, 0.15) is 5.56 Å². The summed E-state index contributed by atoms with van der Waals surface area (Å²) in [5, 5.41) is 6.91. The van der Waals surface area contributed by atoms with Crippen molar-refractivity contribution in [1.82, 2.24) is 20.1 Å². The molecule has 22 heavy (non-hydrogen) atoms. The third kappa shape index (κ3) is 4.39. The van der Waals surface area contributed by atoms with Gasteiger partial charge in [-0.1, -0.05) is 23.9 Å². The molecule has 118 valence electrons. The Bertz CT molecular complexity index is 625. The Balaban J connectivity index is 1.85. The maximum Gasteiger partial charge on any atom is 0.233 e. The first kappa shape index (κ1) is 16.2. The minimum absolute atomic E-state index is 0.0186. The molecule has 0 aliphatic heterocycles. The molecule has 1 aromatic carbocycles. The lowest BCUT2D eigenvalue weighted by Gasteiger charge is -2.18. The van der Waals surface area contributed by atoms with Crippen molar-refractivity contribution in [2.24, 2.45) is 0 Å². The molecule has 2 aromatic rings. The van der Waals surface area contributed by atoms with Crippen LogP contribution in [0.5, 0.6) is 0 Å². The zero-order valence-electron chi connectivity index (χ0n) is 12.9. The van der Waals surface area contributed by atoms with Gasteiger partial charge in [-0.2, -0.15) is 4.98 Å². The Morgan fingerprint density at radius 2 is 1.95 bits per heavy atom. The minimum atomic E-state index is 0.0186. The molecular weight excluding hydrogens is 300 g/mol. The second-order valence-electron chi connectivity index (χ2n) is 5.10. The van der Waals surface area contributed by atoms with Crippen molar-refractivity contribution in [2.45, 2.75) is 11.7 Å². The summed E-state index contributed by atoms with van der Waals surface area (Å²) in [6, 6.07) is 8.14. The number of H-pyrrole nitrogens is 1. The summed E-state index contributed by atoms with van der Waals surface area (Å²) in [7, 11) is 5.78. The molecule has 0 radical (unpaired) electrons. The van der Waals surface area contributed by atoms with E-state index in [2.05, 4.69) is 15.2 Å². The number of carbonyl (C=O) groups excluding carboxylic acids is 1. The molecule has 7 nitrogen and oxygen atoms in total. The Hall–Kier alpha value is -2.22. The number of anilines is 2. The summed E-state index contributed by atoms with van der Waals surface area (Å²) in [6.45, 7) is 0.573. The zero-order chi connectivity index (χ0) is 16.1. The summed E-state index contributed by atoms with van der Waals surface area (Å²) >= 11 is 1.26. The number of aromatic amines is 1. The molecule has 0 saturated heterocycles. The van der Waals surface area contributed by atoms with Crippen molar-refractivity contribution in [3.05, 3.63) is 29.8 Å². The number of benzene rings is 1. The van der Waals surface area contributed by atoms with Gasteiger partial charge in [-0.3, -0.25) is 4.79 Å². The van der Waals surface area contributed by atoms with Crippen molar-refractivity contribution in [3.8, 4) is 0 Å². The van der Waals surface area contributed by atoms with Crippen LogP contribution in [0.2, 0.25) is 0 Å². The normalized spacial score (nSPS) is 10.5. The fraction of sp³-hybridized carbons (Fsp3) is 0.357. The van der Waals surface area contributed by atoms with Crippen LogP contribution in [-0.4, -0.2) is 52.9 Å². The molecule has 2 rings (SSSR count). The third-order valence-electron chi connectivity index (χ3n) is 3.11. The van der Waals surface area contributed by atoms with E-state index in [0.29, 0.717) is 11.7 Å². The van der Waals surface area contributed by atoms with E-state index in [0.717, 1.165) is 11.3 Å². The molecule has 0 saturated carbocycles. The van der Waals surface area contributed by atoms with E-state index in [4.69, 9.17) is 5.73 Å². The van der Waals surface area contributed by atoms with Crippen LogP contribution in [0, 0.1) is 0 Å². The van der Waals surface area contributed by atoms with E-state index in [1.165, 1.54) is 11.8 Å². The van der Waals surface area contributed by atoms with E-state index >= 15 is 0 Å². The Labute approximate surface area is 133 Å². The molecular formula is C14H20N6OS. The van der Waals surface area contributed by atoms with Gasteiger partial charge in [0.25, 0.3) is 0 Å². The van der Waals surface area contributed by atoms with E-state index in [-0.39, 0.29) is 17.6 Å².